The van der Waals surface area contributed by atoms with E-state index in [-0.39, 0.29) is 13.2 Å². The lowest BCUT2D eigenvalue weighted by Crippen LogP contribution is -2.61. The highest BCUT2D eigenvalue weighted by Crippen LogP contribution is 2.28. The van der Waals surface area contributed by atoms with Gasteiger partial charge in [0.05, 0.1) is 30.4 Å². The van der Waals surface area contributed by atoms with Gasteiger partial charge >= 0.3 is 6.09 Å². The van der Waals surface area contributed by atoms with Gasteiger partial charge in [-0.05, 0) is 71.6 Å². The highest BCUT2D eigenvalue weighted by atomic mass is 19.1. The van der Waals surface area contributed by atoms with E-state index in [1.165, 1.54) is 6.07 Å². The van der Waals surface area contributed by atoms with Crippen molar-refractivity contribution in [1.82, 2.24) is 5.32 Å². The van der Waals surface area contributed by atoms with Crippen LogP contribution < -0.4 is 5.32 Å². The molecule has 0 spiro atoms. The van der Waals surface area contributed by atoms with Gasteiger partial charge in [0.1, 0.15) is 11.4 Å². The molecule has 2 rings (SSSR count). The van der Waals surface area contributed by atoms with Gasteiger partial charge in [0, 0.05) is 0 Å². The number of amides is 1. The Kier molecular flexibility index (Phi) is 6.37. The highest BCUT2D eigenvalue weighted by molar-refractivity contribution is 5.69. The van der Waals surface area contributed by atoms with Crippen molar-refractivity contribution in [2.24, 2.45) is 0 Å². The molecule has 1 amide bonds. The van der Waals surface area contributed by atoms with Gasteiger partial charge in [-0.3, -0.25) is 0 Å². The fraction of sp³-hybridized carbons (Fsp3) is 0.619. The number of benzene rings is 1. The zero-order chi connectivity index (χ0) is 21.2. The molecule has 0 atom stereocenters. The zero-order valence-electron chi connectivity index (χ0n) is 17.4. The van der Waals surface area contributed by atoms with Crippen molar-refractivity contribution >= 4 is 6.09 Å². The molecule has 7 heteroatoms. The van der Waals surface area contributed by atoms with E-state index in [0.717, 1.165) is 0 Å². The lowest BCUT2D eigenvalue weighted by molar-refractivity contribution is -0.271. The second kappa shape index (κ2) is 8.06. The summed E-state index contributed by atoms with van der Waals surface area (Å²) < 4.78 is 31.3. The molecule has 0 unspecified atom stereocenters. The van der Waals surface area contributed by atoms with Crippen molar-refractivity contribution in [3.63, 3.8) is 0 Å². The Morgan fingerprint density at radius 1 is 1.32 bits per heavy atom. The molecule has 1 heterocycles. The number of nitrogens with one attached hydrogen (secondary N) is 1. The van der Waals surface area contributed by atoms with E-state index in [9.17, 15) is 9.18 Å². The fourth-order valence-electron chi connectivity index (χ4n) is 2.93. The van der Waals surface area contributed by atoms with Crippen molar-refractivity contribution < 1.29 is 23.4 Å². The summed E-state index contributed by atoms with van der Waals surface area (Å²) in [5.41, 5.74) is 0.0227. The number of nitriles is 1. The molecule has 1 saturated heterocycles. The molecule has 1 aromatic carbocycles. The first kappa shape index (κ1) is 22.1. The minimum absolute atomic E-state index is 0.218. The number of carbonyl (C=O) groups excluding carboxylic acids is 1. The van der Waals surface area contributed by atoms with E-state index < -0.39 is 28.8 Å². The Morgan fingerprint density at radius 3 is 2.46 bits per heavy atom. The van der Waals surface area contributed by atoms with Crippen LogP contribution in [0.4, 0.5) is 9.18 Å². The molecule has 1 fully saturated rings. The summed E-state index contributed by atoms with van der Waals surface area (Å²) >= 11 is 0. The number of nitrogens with zero attached hydrogens (tertiary/aromatic N) is 1. The van der Waals surface area contributed by atoms with E-state index in [2.05, 4.69) is 5.32 Å². The van der Waals surface area contributed by atoms with Gasteiger partial charge in [0.25, 0.3) is 0 Å². The standard InChI is InChI=1S/C21H29FN2O4/c1-14-9-15(17(22)10-16(14)11-23)7-8-21(12-26-20(5,6)27-13-21)24-18(25)28-19(2,3)4/h9-10H,7-8,12-13H2,1-6H3,(H,24,25). The number of alkyl carbamates (subject to hydrolysis) is 1. The van der Waals surface area contributed by atoms with Crippen molar-refractivity contribution in [3.8, 4) is 6.07 Å². The third-order valence-corrected chi connectivity index (χ3v) is 4.54. The zero-order valence-corrected chi connectivity index (χ0v) is 17.4. The number of hydrogen-bond acceptors (Lipinski definition) is 5. The lowest BCUT2D eigenvalue weighted by atomic mass is 9.90. The predicted molar refractivity (Wildman–Crippen MR) is 102 cm³/mol. The van der Waals surface area contributed by atoms with Gasteiger partial charge in [-0.2, -0.15) is 5.26 Å². The summed E-state index contributed by atoms with van der Waals surface area (Å²) in [6.45, 7) is 11.2. The molecule has 154 valence electrons. The van der Waals surface area contributed by atoms with Crippen LogP contribution in [0.25, 0.3) is 0 Å². The lowest BCUT2D eigenvalue weighted by Gasteiger charge is -2.44. The maximum absolute atomic E-state index is 14.4. The molecule has 6 nitrogen and oxygen atoms in total. The minimum atomic E-state index is -0.841. The van der Waals surface area contributed by atoms with Crippen LogP contribution in [0.3, 0.4) is 0 Å². The highest BCUT2D eigenvalue weighted by Gasteiger charge is 2.42. The largest absolute Gasteiger partial charge is 0.444 e. The van der Waals surface area contributed by atoms with E-state index in [1.807, 2.05) is 6.07 Å². The van der Waals surface area contributed by atoms with Crippen molar-refractivity contribution in [2.75, 3.05) is 13.2 Å². The van der Waals surface area contributed by atoms with Crippen molar-refractivity contribution in [3.05, 3.63) is 34.6 Å². The average molecular weight is 392 g/mol. The van der Waals surface area contributed by atoms with E-state index >= 15 is 0 Å². The molecule has 0 radical (unpaired) electrons. The number of carbonyl (C=O) groups is 1. The first-order valence-electron chi connectivity index (χ1n) is 9.33. The summed E-state index contributed by atoms with van der Waals surface area (Å²) in [4.78, 5) is 12.4. The van der Waals surface area contributed by atoms with Crippen molar-refractivity contribution in [2.45, 2.75) is 71.3 Å². The normalized spacial score (nSPS) is 18.2. The van der Waals surface area contributed by atoms with Crippen LogP contribution in [0.1, 0.15) is 57.7 Å². The Hall–Kier alpha value is -2.17. The second-order valence-corrected chi connectivity index (χ2v) is 8.75. The summed E-state index contributed by atoms with van der Waals surface area (Å²) in [7, 11) is 0. The molecule has 28 heavy (non-hydrogen) atoms. The summed E-state index contributed by atoms with van der Waals surface area (Å²) in [6.07, 6.45) is 0.169. The molecule has 1 aliphatic heterocycles. The third-order valence-electron chi connectivity index (χ3n) is 4.54. The van der Waals surface area contributed by atoms with Gasteiger partial charge < -0.3 is 19.5 Å². The van der Waals surface area contributed by atoms with Crippen LogP contribution in [0.15, 0.2) is 12.1 Å². The monoisotopic (exact) mass is 392 g/mol. The Bertz CT molecular complexity index is 768. The van der Waals surface area contributed by atoms with Gasteiger partial charge in [-0.25, -0.2) is 9.18 Å². The Labute approximate surface area is 166 Å². The van der Waals surface area contributed by atoms with E-state index in [0.29, 0.717) is 29.5 Å². The third kappa shape index (κ3) is 5.91. The SMILES string of the molecule is Cc1cc(CCC2(NC(=O)OC(C)(C)C)COC(C)(C)OC2)c(F)cc1C#N. The quantitative estimate of drug-likeness (QED) is 0.838. The Balaban J connectivity index is 2.18. The van der Waals surface area contributed by atoms with E-state index in [4.69, 9.17) is 19.5 Å². The second-order valence-electron chi connectivity index (χ2n) is 8.75. The molecule has 1 aromatic rings. The van der Waals surface area contributed by atoms with Crippen LogP contribution in [-0.4, -0.2) is 36.2 Å². The van der Waals surface area contributed by atoms with Crippen LogP contribution >= 0.6 is 0 Å². The van der Waals surface area contributed by atoms with Crippen LogP contribution in [-0.2, 0) is 20.6 Å². The van der Waals surface area contributed by atoms with E-state index in [1.54, 1.807) is 47.6 Å². The number of halogens is 1. The summed E-state index contributed by atoms with van der Waals surface area (Å²) in [6, 6.07) is 4.90. The molecule has 0 aromatic heterocycles. The fourth-order valence-corrected chi connectivity index (χ4v) is 2.93. The molecular weight excluding hydrogens is 363 g/mol. The molecule has 0 bridgehead atoms. The smallest absolute Gasteiger partial charge is 0.408 e. The van der Waals surface area contributed by atoms with Gasteiger partial charge in [0.15, 0.2) is 5.79 Å². The van der Waals surface area contributed by atoms with Crippen LogP contribution in [0.2, 0.25) is 0 Å². The topological polar surface area (TPSA) is 80.6 Å². The number of ether oxygens (including phenoxy) is 3. The number of rotatable bonds is 4. The maximum Gasteiger partial charge on any atom is 0.408 e. The van der Waals surface area contributed by atoms with Gasteiger partial charge in [-0.15, -0.1) is 0 Å². The van der Waals surface area contributed by atoms with Crippen molar-refractivity contribution in [1.29, 1.82) is 5.26 Å². The van der Waals surface area contributed by atoms with Gasteiger partial charge in [-0.1, -0.05) is 6.07 Å². The average Bonchev–Trinajstić information content (AvgIpc) is 2.56. The molecular formula is C21H29FN2O4. The molecule has 0 aliphatic carbocycles. The number of hydrogen-bond donors (Lipinski definition) is 1. The van der Waals surface area contributed by atoms with Crippen LogP contribution in [0, 0.1) is 24.1 Å². The van der Waals surface area contributed by atoms with Gasteiger partial charge in [0.2, 0.25) is 0 Å². The first-order chi connectivity index (χ1) is 12.8. The summed E-state index contributed by atoms with van der Waals surface area (Å²) in [5, 5.41) is 11.9. The number of aryl methyl sites for hydroxylation is 2. The summed E-state index contributed by atoms with van der Waals surface area (Å²) in [5.74, 6) is -1.19. The predicted octanol–water partition coefficient (Wildman–Crippen LogP) is 3.98. The van der Waals surface area contributed by atoms with Crippen LogP contribution in [0.5, 0.6) is 0 Å². The maximum atomic E-state index is 14.4. The molecule has 1 N–H and O–H groups in total. The minimum Gasteiger partial charge on any atom is -0.444 e. The molecule has 0 saturated carbocycles. The molecule has 1 aliphatic rings. The Morgan fingerprint density at radius 2 is 1.93 bits per heavy atom. The first-order valence-corrected chi connectivity index (χ1v) is 9.33.